The Bertz CT molecular complexity index is 587. The molecule has 0 unspecified atom stereocenters. The first-order valence-corrected chi connectivity index (χ1v) is 5.88. The van der Waals surface area contributed by atoms with E-state index in [4.69, 9.17) is 5.26 Å². The molecule has 4 heteroatoms. The number of halogens is 1. The van der Waals surface area contributed by atoms with E-state index >= 15 is 0 Å². The molecule has 0 bridgehead atoms. The predicted molar refractivity (Wildman–Crippen MR) is 71.1 cm³/mol. The van der Waals surface area contributed by atoms with E-state index < -0.39 is 0 Å². The second kappa shape index (κ2) is 4.98. The minimum atomic E-state index is 0.630. The average Bonchev–Trinajstić information content (AvgIpc) is 2.34. The Balaban J connectivity index is 2.32. The summed E-state index contributed by atoms with van der Waals surface area (Å²) in [5.41, 5.74) is 3.44. The van der Waals surface area contributed by atoms with Gasteiger partial charge < -0.3 is 5.32 Å². The van der Waals surface area contributed by atoms with Crippen molar-refractivity contribution in [1.82, 2.24) is 4.98 Å². The fourth-order valence-corrected chi connectivity index (χ4v) is 1.93. The summed E-state index contributed by atoms with van der Waals surface area (Å²) in [6, 6.07) is 11.4. The van der Waals surface area contributed by atoms with Crippen LogP contribution in [0.4, 0.5) is 11.4 Å². The maximum absolute atomic E-state index is 8.79. The molecular weight excluding hydrogens is 278 g/mol. The maximum Gasteiger partial charge on any atom is 0.0992 e. The van der Waals surface area contributed by atoms with Crippen molar-refractivity contribution < 1.29 is 0 Å². The number of pyridine rings is 1. The van der Waals surface area contributed by atoms with Gasteiger partial charge in [0.05, 0.1) is 28.7 Å². The van der Waals surface area contributed by atoms with Crippen molar-refractivity contribution in [1.29, 1.82) is 5.26 Å². The highest BCUT2D eigenvalue weighted by Gasteiger charge is 2.03. The van der Waals surface area contributed by atoms with Crippen molar-refractivity contribution in [3.05, 3.63) is 52.3 Å². The van der Waals surface area contributed by atoms with Crippen molar-refractivity contribution in [3.63, 3.8) is 0 Å². The molecule has 0 spiro atoms. The standard InChI is InChI=1S/C13H10BrN3/c1-9-12(3-2-6-16-9)17-13-5-4-10(8-15)7-11(13)14/h2-7,17H,1H3. The summed E-state index contributed by atoms with van der Waals surface area (Å²) in [6.07, 6.45) is 1.76. The Hall–Kier alpha value is -1.86. The second-order valence-corrected chi connectivity index (χ2v) is 4.42. The van der Waals surface area contributed by atoms with Crippen molar-refractivity contribution in [2.45, 2.75) is 6.92 Å². The Kier molecular flexibility index (Phi) is 3.40. The van der Waals surface area contributed by atoms with Gasteiger partial charge in [-0.1, -0.05) is 0 Å². The third-order valence-electron chi connectivity index (χ3n) is 2.37. The summed E-state index contributed by atoms with van der Waals surface area (Å²) in [5, 5.41) is 12.1. The summed E-state index contributed by atoms with van der Waals surface area (Å²) in [5.74, 6) is 0. The van der Waals surface area contributed by atoms with Crippen LogP contribution in [-0.4, -0.2) is 4.98 Å². The van der Waals surface area contributed by atoms with Crippen molar-refractivity contribution in [2.24, 2.45) is 0 Å². The smallest absolute Gasteiger partial charge is 0.0992 e. The molecule has 2 aromatic rings. The van der Waals surface area contributed by atoms with Crippen LogP contribution in [0.2, 0.25) is 0 Å². The number of aromatic nitrogens is 1. The molecule has 17 heavy (non-hydrogen) atoms. The van der Waals surface area contributed by atoms with Crippen molar-refractivity contribution in [3.8, 4) is 6.07 Å². The van der Waals surface area contributed by atoms with Crippen LogP contribution in [0.25, 0.3) is 0 Å². The van der Waals surface area contributed by atoms with Gasteiger partial charge in [-0.25, -0.2) is 0 Å². The number of nitrogens with zero attached hydrogens (tertiary/aromatic N) is 2. The molecule has 3 nitrogen and oxygen atoms in total. The number of aryl methyl sites for hydroxylation is 1. The lowest BCUT2D eigenvalue weighted by molar-refractivity contribution is 1.20. The highest BCUT2D eigenvalue weighted by Crippen LogP contribution is 2.27. The lowest BCUT2D eigenvalue weighted by atomic mass is 10.2. The first kappa shape index (κ1) is 11.6. The van der Waals surface area contributed by atoms with E-state index in [1.54, 1.807) is 18.3 Å². The Morgan fingerprint density at radius 3 is 2.76 bits per heavy atom. The lowest BCUT2D eigenvalue weighted by Gasteiger charge is -2.10. The van der Waals surface area contributed by atoms with E-state index in [9.17, 15) is 0 Å². The molecule has 0 aliphatic rings. The summed E-state index contributed by atoms with van der Waals surface area (Å²) < 4.78 is 0.861. The molecule has 0 saturated carbocycles. The first-order valence-electron chi connectivity index (χ1n) is 5.09. The highest BCUT2D eigenvalue weighted by atomic mass is 79.9. The van der Waals surface area contributed by atoms with Gasteiger partial charge in [-0.15, -0.1) is 0 Å². The Labute approximate surface area is 108 Å². The highest BCUT2D eigenvalue weighted by molar-refractivity contribution is 9.10. The summed E-state index contributed by atoms with van der Waals surface area (Å²) in [7, 11) is 0. The quantitative estimate of drug-likeness (QED) is 0.915. The molecule has 1 N–H and O–H groups in total. The summed E-state index contributed by atoms with van der Waals surface area (Å²) in [4.78, 5) is 4.21. The van der Waals surface area contributed by atoms with E-state index in [0.29, 0.717) is 5.56 Å². The molecule has 2 rings (SSSR count). The van der Waals surface area contributed by atoms with E-state index in [0.717, 1.165) is 21.5 Å². The zero-order valence-electron chi connectivity index (χ0n) is 9.24. The fourth-order valence-electron chi connectivity index (χ4n) is 1.45. The fraction of sp³-hybridized carbons (Fsp3) is 0.0769. The van der Waals surface area contributed by atoms with Gasteiger partial charge in [-0.05, 0) is 53.2 Å². The van der Waals surface area contributed by atoms with Crippen LogP contribution in [0, 0.1) is 18.3 Å². The topological polar surface area (TPSA) is 48.7 Å². The van der Waals surface area contributed by atoms with E-state index in [2.05, 4.69) is 32.3 Å². The molecule has 0 saturated heterocycles. The van der Waals surface area contributed by atoms with Gasteiger partial charge >= 0.3 is 0 Å². The maximum atomic E-state index is 8.79. The molecule has 0 radical (unpaired) electrons. The number of anilines is 2. The first-order chi connectivity index (χ1) is 8.20. The van der Waals surface area contributed by atoms with Gasteiger partial charge in [0.15, 0.2) is 0 Å². The van der Waals surface area contributed by atoms with Crippen LogP contribution in [0.3, 0.4) is 0 Å². The Morgan fingerprint density at radius 2 is 2.12 bits per heavy atom. The molecule has 0 atom stereocenters. The molecule has 1 heterocycles. The molecule has 0 amide bonds. The zero-order chi connectivity index (χ0) is 12.3. The van der Waals surface area contributed by atoms with Crippen LogP contribution in [0.1, 0.15) is 11.3 Å². The number of nitrogens with one attached hydrogen (secondary N) is 1. The van der Waals surface area contributed by atoms with Gasteiger partial charge in [-0.2, -0.15) is 5.26 Å². The number of rotatable bonds is 2. The number of hydrogen-bond acceptors (Lipinski definition) is 3. The van der Waals surface area contributed by atoms with E-state index in [1.165, 1.54) is 0 Å². The SMILES string of the molecule is Cc1ncccc1Nc1ccc(C#N)cc1Br. The van der Waals surface area contributed by atoms with E-state index in [1.807, 2.05) is 25.1 Å². The summed E-state index contributed by atoms with van der Waals surface area (Å²) >= 11 is 3.44. The molecule has 0 aliphatic heterocycles. The lowest BCUT2D eigenvalue weighted by Crippen LogP contribution is -1.95. The monoisotopic (exact) mass is 287 g/mol. The molecule has 0 fully saturated rings. The molecule has 0 aliphatic carbocycles. The predicted octanol–water partition coefficient (Wildman–Crippen LogP) is 3.77. The van der Waals surface area contributed by atoms with Crippen molar-refractivity contribution in [2.75, 3.05) is 5.32 Å². The minimum absolute atomic E-state index is 0.630. The third-order valence-corrected chi connectivity index (χ3v) is 3.03. The minimum Gasteiger partial charge on any atom is -0.353 e. The number of hydrogen-bond donors (Lipinski definition) is 1. The largest absolute Gasteiger partial charge is 0.353 e. The second-order valence-electron chi connectivity index (χ2n) is 3.57. The van der Waals surface area contributed by atoms with Crippen LogP contribution >= 0.6 is 15.9 Å². The van der Waals surface area contributed by atoms with Gasteiger partial charge in [-0.3, -0.25) is 4.98 Å². The van der Waals surface area contributed by atoms with Gasteiger partial charge in [0.1, 0.15) is 0 Å². The van der Waals surface area contributed by atoms with Crippen LogP contribution in [-0.2, 0) is 0 Å². The molecule has 1 aromatic heterocycles. The Morgan fingerprint density at radius 1 is 1.29 bits per heavy atom. The third kappa shape index (κ3) is 2.63. The van der Waals surface area contributed by atoms with Crippen LogP contribution in [0.5, 0.6) is 0 Å². The van der Waals surface area contributed by atoms with E-state index in [-0.39, 0.29) is 0 Å². The van der Waals surface area contributed by atoms with Gasteiger partial charge in [0, 0.05) is 10.7 Å². The summed E-state index contributed by atoms with van der Waals surface area (Å²) in [6.45, 7) is 1.94. The van der Waals surface area contributed by atoms with Crippen LogP contribution < -0.4 is 5.32 Å². The number of benzene rings is 1. The number of nitriles is 1. The normalized spacial score (nSPS) is 9.71. The van der Waals surface area contributed by atoms with Crippen LogP contribution in [0.15, 0.2) is 41.0 Å². The zero-order valence-corrected chi connectivity index (χ0v) is 10.8. The van der Waals surface area contributed by atoms with Gasteiger partial charge in [0.2, 0.25) is 0 Å². The molecule has 84 valence electrons. The van der Waals surface area contributed by atoms with Crippen molar-refractivity contribution >= 4 is 27.3 Å². The molecule has 1 aromatic carbocycles. The van der Waals surface area contributed by atoms with Gasteiger partial charge in [0.25, 0.3) is 0 Å². The molecular formula is C13H10BrN3. The average molecular weight is 288 g/mol.